The summed E-state index contributed by atoms with van der Waals surface area (Å²) in [6.45, 7) is 0. The van der Waals surface area contributed by atoms with Crippen LogP contribution >= 0.6 is 7.82 Å². The number of benzene rings is 1. The van der Waals surface area contributed by atoms with Crippen molar-refractivity contribution in [2.24, 2.45) is 0 Å². The summed E-state index contributed by atoms with van der Waals surface area (Å²) in [5, 5.41) is 8.37. The van der Waals surface area contributed by atoms with Crippen LogP contribution in [0.1, 0.15) is 5.56 Å². The molecule has 86 valence electrons. The van der Waals surface area contributed by atoms with E-state index in [9.17, 15) is 9.36 Å². The molecule has 0 radical (unpaired) electrons. The summed E-state index contributed by atoms with van der Waals surface area (Å²) in [5.41, 5.74) is 0.584. The smallest absolute Gasteiger partial charge is 0.478 e. The van der Waals surface area contributed by atoms with E-state index in [1.54, 1.807) is 0 Å². The number of hydrogen-bond acceptors (Lipinski definition) is 3. The van der Waals surface area contributed by atoms with Gasteiger partial charge in [0.25, 0.3) is 0 Å². The highest BCUT2D eigenvalue weighted by atomic mass is 31.2. The molecule has 0 heterocycles. The molecule has 0 aromatic heterocycles. The van der Waals surface area contributed by atoms with E-state index in [2.05, 4.69) is 4.52 Å². The summed E-state index contributed by atoms with van der Waals surface area (Å²) < 4.78 is 14.8. The van der Waals surface area contributed by atoms with Crippen LogP contribution in [0.3, 0.4) is 0 Å². The quantitative estimate of drug-likeness (QED) is 0.544. The molecule has 0 aliphatic heterocycles. The fourth-order valence-electron chi connectivity index (χ4n) is 0.945. The van der Waals surface area contributed by atoms with Gasteiger partial charge < -0.3 is 9.63 Å². The topological polar surface area (TPSA) is 104 Å². The average molecular weight is 244 g/mol. The van der Waals surface area contributed by atoms with Crippen LogP contribution in [0.15, 0.2) is 30.3 Å². The van der Waals surface area contributed by atoms with Gasteiger partial charge in [0, 0.05) is 6.08 Å². The van der Waals surface area contributed by atoms with Crippen LogP contribution in [-0.2, 0) is 9.36 Å². The van der Waals surface area contributed by atoms with Crippen LogP contribution in [0, 0.1) is 0 Å². The summed E-state index contributed by atoms with van der Waals surface area (Å²) >= 11 is 0. The highest BCUT2D eigenvalue weighted by Gasteiger charge is 2.15. The van der Waals surface area contributed by atoms with Gasteiger partial charge in [-0.15, -0.1) is 0 Å². The molecule has 0 saturated heterocycles. The van der Waals surface area contributed by atoms with Crippen LogP contribution < -0.4 is 4.52 Å². The Morgan fingerprint density at radius 2 is 1.81 bits per heavy atom. The standard InChI is InChI=1S/C9H9O6P/c10-9(11)6-3-7-1-4-8(5-2-7)15-16(12,13)14/h1-6H,(H,10,11)(H2,12,13,14). The van der Waals surface area contributed by atoms with Gasteiger partial charge in [-0.25, -0.2) is 9.36 Å². The number of rotatable bonds is 4. The maximum absolute atomic E-state index is 10.5. The number of hydrogen-bond donors (Lipinski definition) is 3. The fourth-order valence-corrected chi connectivity index (χ4v) is 1.34. The van der Waals surface area contributed by atoms with Gasteiger partial charge in [0.15, 0.2) is 0 Å². The zero-order valence-electron chi connectivity index (χ0n) is 7.98. The molecule has 3 N–H and O–H groups in total. The highest BCUT2D eigenvalue weighted by molar-refractivity contribution is 7.46. The normalized spacial score (nSPS) is 11.6. The molecule has 6 nitrogen and oxygen atoms in total. The Kier molecular flexibility index (Phi) is 3.84. The molecule has 0 amide bonds. The highest BCUT2D eigenvalue weighted by Crippen LogP contribution is 2.37. The predicted molar refractivity (Wildman–Crippen MR) is 55.8 cm³/mol. The number of phosphoric acid groups is 1. The average Bonchev–Trinajstić information content (AvgIpc) is 2.14. The third-order valence-electron chi connectivity index (χ3n) is 1.52. The molecule has 0 aliphatic rings. The molecular weight excluding hydrogens is 235 g/mol. The minimum atomic E-state index is -4.55. The van der Waals surface area contributed by atoms with Crippen molar-refractivity contribution in [3.8, 4) is 5.75 Å². The largest absolute Gasteiger partial charge is 0.524 e. The van der Waals surface area contributed by atoms with Gasteiger partial charge in [0.05, 0.1) is 0 Å². The molecule has 0 aliphatic carbocycles. The molecular formula is C9H9O6P. The second-order valence-electron chi connectivity index (χ2n) is 2.82. The summed E-state index contributed by atoms with van der Waals surface area (Å²) in [4.78, 5) is 27.2. The van der Waals surface area contributed by atoms with Gasteiger partial charge in [-0.3, -0.25) is 9.79 Å². The monoisotopic (exact) mass is 244 g/mol. The van der Waals surface area contributed by atoms with E-state index in [0.717, 1.165) is 6.08 Å². The van der Waals surface area contributed by atoms with Crippen molar-refractivity contribution in [1.82, 2.24) is 0 Å². The Hall–Kier alpha value is -1.62. The molecule has 0 saturated carbocycles. The Morgan fingerprint density at radius 3 is 2.25 bits per heavy atom. The minimum absolute atomic E-state index is 0.0146. The lowest BCUT2D eigenvalue weighted by Crippen LogP contribution is -1.90. The fraction of sp³-hybridized carbons (Fsp3) is 0. The van der Waals surface area contributed by atoms with E-state index < -0.39 is 13.8 Å². The summed E-state index contributed by atoms with van der Waals surface area (Å²) in [6.07, 6.45) is 2.31. The Bertz CT molecular complexity index is 444. The van der Waals surface area contributed by atoms with E-state index in [-0.39, 0.29) is 5.75 Å². The Balaban J connectivity index is 2.76. The molecule has 1 aromatic carbocycles. The molecule has 0 fully saturated rings. The third-order valence-corrected chi connectivity index (χ3v) is 1.97. The molecule has 0 atom stereocenters. The first-order valence-electron chi connectivity index (χ1n) is 4.13. The Morgan fingerprint density at radius 1 is 1.25 bits per heavy atom. The maximum atomic E-state index is 10.5. The van der Waals surface area contributed by atoms with Crippen molar-refractivity contribution in [3.63, 3.8) is 0 Å². The number of carboxylic acid groups (broad SMARTS) is 1. The molecule has 0 unspecified atom stereocenters. The van der Waals surface area contributed by atoms with Crippen LogP contribution in [0.2, 0.25) is 0 Å². The van der Waals surface area contributed by atoms with Crippen LogP contribution in [0.4, 0.5) is 0 Å². The Labute approximate surface area is 91.0 Å². The number of aliphatic carboxylic acids is 1. The van der Waals surface area contributed by atoms with Crippen molar-refractivity contribution in [2.75, 3.05) is 0 Å². The SMILES string of the molecule is O=C(O)C=Cc1ccc(OP(=O)(O)O)cc1. The van der Waals surface area contributed by atoms with E-state index in [1.807, 2.05) is 0 Å². The lowest BCUT2D eigenvalue weighted by atomic mass is 10.2. The maximum Gasteiger partial charge on any atom is 0.524 e. The molecule has 7 heteroatoms. The second-order valence-corrected chi connectivity index (χ2v) is 3.99. The first-order chi connectivity index (χ1) is 7.37. The zero-order chi connectivity index (χ0) is 12.2. The first kappa shape index (κ1) is 12.4. The lowest BCUT2D eigenvalue weighted by molar-refractivity contribution is -0.131. The van der Waals surface area contributed by atoms with Gasteiger partial charge in [0.2, 0.25) is 0 Å². The van der Waals surface area contributed by atoms with E-state index in [4.69, 9.17) is 14.9 Å². The van der Waals surface area contributed by atoms with Gasteiger partial charge >= 0.3 is 13.8 Å². The minimum Gasteiger partial charge on any atom is -0.478 e. The number of phosphoric ester groups is 1. The molecule has 16 heavy (non-hydrogen) atoms. The number of carboxylic acids is 1. The summed E-state index contributed by atoms with van der Waals surface area (Å²) in [5.74, 6) is -1.06. The van der Waals surface area contributed by atoms with Crippen molar-refractivity contribution in [1.29, 1.82) is 0 Å². The lowest BCUT2D eigenvalue weighted by Gasteiger charge is -2.06. The summed E-state index contributed by atoms with van der Waals surface area (Å²) in [7, 11) is -4.55. The van der Waals surface area contributed by atoms with Crippen molar-refractivity contribution in [3.05, 3.63) is 35.9 Å². The van der Waals surface area contributed by atoms with Gasteiger partial charge in [-0.1, -0.05) is 12.1 Å². The van der Waals surface area contributed by atoms with Crippen LogP contribution in [0.25, 0.3) is 6.08 Å². The molecule has 0 bridgehead atoms. The third kappa shape index (κ3) is 4.75. The molecule has 0 spiro atoms. The van der Waals surface area contributed by atoms with Gasteiger partial charge in [-0.2, -0.15) is 0 Å². The zero-order valence-corrected chi connectivity index (χ0v) is 8.87. The van der Waals surface area contributed by atoms with Crippen molar-refractivity contribution in [2.45, 2.75) is 0 Å². The van der Waals surface area contributed by atoms with E-state index in [1.165, 1.54) is 30.3 Å². The van der Waals surface area contributed by atoms with Crippen molar-refractivity contribution >= 4 is 19.9 Å². The van der Waals surface area contributed by atoms with Gasteiger partial charge in [0.1, 0.15) is 5.75 Å². The molecule has 1 aromatic rings. The van der Waals surface area contributed by atoms with Crippen molar-refractivity contribution < 1.29 is 28.8 Å². The van der Waals surface area contributed by atoms with Crippen LogP contribution in [0.5, 0.6) is 5.75 Å². The van der Waals surface area contributed by atoms with Gasteiger partial charge in [-0.05, 0) is 23.8 Å². The second kappa shape index (κ2) is 4.94. The molecule has 1 rings (SSSR count). The predicted octanol–water partition coefficient (Wildman–Crippen LogP) is 1.26. The first-order valence-corrected chi connectivity index (χ1v) is 5.66. The van der Waals surface area contributed by atoms with E-state index in [0.29, 0.717) is 5.56 Å². The van der Waals surface area contributed by atoms with Crippen LogP contribution in [-0.4, -0.2) is 20.9 Å². The summed E-state index contributed by atoms with van der Waals surface area (Å²) in [6, 6.07) is 5.62. The van der Waals surface area contributed by atoms with E-state index >= 15 is 0 Å². The number of carbonyl (C=O) groups is 1.